The second kappa shape index (κ2) is 6.76. The standard InChI is InChI=1S/C20H17N3O3/c24-16-8-4-7-15(9-16)12-23-13-22-17(10-14-5-2-1-3-6-14)19(23)18-11-21-20(25)26-18/h1-9,11,13,24H,10,12H2,(H,21,25). The lowest BCUT2D eigenvalue weighted by molar-refractivity contribution is 0.474. The van der Waals surface area contributed by atoms with Crippen LogP contribution in [0.15, 0.2) is 76.3 Å². The van der Waals surface area contributed by atoms with Crippen molar-refractivity contribution < 1.29 is 9.52 Å². The fourth-order valence-electron chi connectivity index (χ4n) is 3.00. The van der Waals surface area contributed by atoms with Gasteiger partial charge in [0, 0.05) is 13.0 Å². The minimum absolute atomic E-state index is 0.210. The summed E-state index contributed by atoms with van der Waals surface area (Å²) in [5.41, 5.74) is 3.61. The highest BCUT2D eigenvalue weighted by molar-refractivity contribution is 5.56. The van der Waals surface area contributed by atoms with Crippen molar-refractivity contribution in [1.29, 1.82) is 0 Å². The van der Waals surface area contributed by atoms with Crippen LogP contribution in [-0.2, 0) is 13.0 Å². The van der Waals surface area contributed by atoms with Crippen LogP contribution in [0, 0.1) is 0 Å². The van der Waals surface area contributed by atoms with Crippen molar-refractivity contribution in [2.24, 2.45) is 0 Å². The maximum atomic E-state index is 11.5. The van der Waals surface area contributed by atoms with Gasteiger partial charge in [-0.15, -0.1) is 0 Å². The second-order valence-electron chi connectivity index (χ2n) is 6.04. The van der Waals surface area contributed by atoms with Crippen molar-refractivity contribution in [3.63, 3.8) is 0 Å². The molecule has 6 heteroatoms. The zero-order chi connectivity index (χ0) is 17.9. The maximum Gasteiger partial charge on any atom is 0.416 e. The van der Waals surface area contributed by atoms with Gasteiger partial charge in [-0.2, -0.15) is 0 Å². The van der Waals surface area contributed by atoms with E-state index in [0.717, 1.165) is 22.5 Å². The number of phenolic OH excluding ortho intramolecular Hbond substituents is 1. The summed E-state index contributed by atoms with van der Waals surface area (Å²) < 4.78 is 7.20. The van der Waals surface area contributed by atoms with Crippen molar-refractivity contribution >= 4 is 0 Å². The van der Waals surface area contributed by atoms with Crippen molar-refractivity contribution in [3.05, 3.63) is 94.5 Å². The van der Waals surface area contributed by atoms with E-state index >= 15 is 0 Å². The van der Waals surface area contributed by atoms with E-state index in [-0.39, 0.29) is 5.75 Å². The first-order valence-corrected chi connectivity index (χ1v) is 8.24. The summed E-state index contributed by atoms with van der Waals surface area (Å²) in [6.07, 6.45) is 3.90. The molecule has 0 amide bonds. The number of H-pyrrole nitrogens is 1. The first-order chi connectivity index (χ1) is 12.7. The van der Waals surface area contributed by atoms with Crippen LogP contribution in [0.4, 0.5) is 0 Å². The summed E-state index contributed by atoms with van der Waals surface area (Å²) in [6.45, 7) is 0.500. The number of aromatic hydroxyl groups is 1. The first-order valence-electron chi connectivity index (χ1n) is 8.24. The molecule has 6 nitrogen and oxygen atoms in total. The molecule has 4 aromatic rings. The number of benzene rings is 2. The van der Waals surface area contributed by atoms with Gasteiger partial charge in [0.2, 0.25) is 0 Å². The minimum atomic E-state index is -0.504. The molecule has 0 radical (unpaired) electrons. The summed E-state index contributed by atoms with van der Waals surface area (Å²) in [5, 5.41) is 9.69. The van der Waals surface area contributed by atoms with Crippen molar-refractivity contribution in [1.82, 2.24) is 14.5 Å². The Morgan fingerprint density at radius 1 is 1.08 bits per heavy atom. The van der Waals surface area contributed by atoms with Crippen LogP contribution in [-0.4, -0.2) is 19.6 Å². The van der Waals surface area contributed by atoms with E-state index in [1.54, 1.807) is 30.7 Å². The Labute approximate surface area is 149 Å². The largest absolute Gasteiger partial charge is 0.508 e. The second-order valence-corrected chi connectivity index (χ2v) is 6.04. The van der Waals surface area contributed by atoms with Crippen LogP contribution in [0.2, 0.25) is 0 Å². The molecule has 0 aliphatic heterocycles. The Hall–Kier alpha value is -3.54. The number of aromatic amines is 1. The third-order valence-corrected chi connectivity index (χ3v) is 4.15. The van der Waals surface area contributed by atoms with E-state index in [0.29, 0.717) is 18.7 Å². The quantitative estimate of drug-likeness (QED) is 0.581. The molecule has 130 valence electrons. The lowest BCUT2D eigenvalue weighted by atomic mass is 10.1. The van der Waals surface area contributed by atoms with E-state index in [1.807, 2.05) is 41.0 Å². The molecule has 0 bridgehead atoms. The first kappa shape index (κ1) is 16.0. The average molecular weight is 347 g/mol. The average Bonchev–Trinajstić information content (AvgIpc) is 3.22. The minimum Gasteiger partial charge on any atom is -0.508 e. The zero-order valence-electron chi connectivity index (χ0n) is 13.9. The number of hydrogen-bond donors (Lipinski definition) is 2. The molecule has 0 saturated carbocycles. The van der Waals surface area contributed by atoms with Crippen molar-refractivity contribution in [3.8, 4) is 17.2 Å². The van der Waals surface area contributed by atoms with Gasteiger partial charge in [-0.25, -0.2) is 9.78 Å². The van der Waals surface area contributed by atoms with Gasteiger partial charge in [0.05, 0.1) is 18.2 Å². The molecule has 2 aromatic carbocycles. The molecule has 0 spiro atoms. The molecule has 0 aliphatic carbocycles. The molecular weight excluding hydrogens is 330 g/mol. The maximum absolute atomic E-state index is 11.5. The van der Waals surface area contributed by atoms with E-state index in [9.17, 15) is 9.90 Å². The molecule has 2 heterocycles. The highest BCUT2D eigenvalue weighted by atomic mass is 16.4. The Bertz CT molecular complexity index is 1080. The Morgan fingerprint density at radius 3 is 2.62 bits per heavy atom. The van der Waals surface area contributed by atoms with Crippen LogP contribution in [0.5, 0.6) is 5.75 Å². The van der Waals surface area contributed by atoms with Gasteiger partial charge in [-0.1, -0.05) is 42.5 Å². The smallest absolute Gasteiger partial charge is 0.416 e. The number of imidazole rings is 1. The number of nitrogens with one attached hydrogen (secondary N) is 1. The third-order valence-electron chi connectivity index (χ3n) is 4.15. The van der Waals surface area contributed by atoms with Gasteiger partial charge in [0.25, 0.3) is 0 Å². The lowest BCUT2D eigenvalue weighted by Gasteiger charge is -2.08. The summed E-state index contributed by atoms with van der Waals surface area (Å²) >= 11 is 0. The summed E-state index contributed by atoms with van der Waals surface area (Å²) in [7, 11) is 0. The number of phenols is 1. The van der Waals surface area contributed by atoms with E-state index in [2.05, 4.69) is 9.97 Å². The molecule has 0 saturated heterocycles. The van der Waals surface area contributed by atoms with E-state index in [4.69, 9.17) is 4.42 Å². The zero-order valence-corrected chi connectivity index (χ0v) is 13.9. The number of aromatic nitrogens is 3. The topological polar surface area (TPSA) is 84.0 Å². The van der Waals surface area contributed by atoms with Gasteiger partial charge in [-0.3, -0.25) is 4.98 Å². The predicted octanol–water partition coefficient (Wildman–Crippen LogP) is 3.18. The molecule has 4 rings (SSSR count). The normalized spacial score (nSPS) is 10.9. The fraction of sp³-hybridized carbons (Fsp3) is 0.100. The van der Waals surface area contributed by atoms with Gasteiger partial charge in [0.1, 0.15) is 11.4 Å². The lowest BCUT2D eigenvalue weighted by Crippen LogP contribution is -2.02. The van der Waals surface area contributed by atoms with Crippen LogP contribution in [0.25, 0.3) is 11.5 Å². The predicted molar refractivity (Wildman–Crippen MR) is 97.0 cm³/mol. The Balaban J connectivity index is 1.75. The molecule has 26 heavy (non-hydrogen) atoms. The summed E-state index contributed by atoms with van der Waals surface area (Å²) in [5.74, 6) is 0.149. The fourth-order valence-corrected chi connectivity index (χ4v) is 3.00. The van der Waals surface area contributed by atoms with Gasteiger partial charge < -0.3 is 14.1 Å². The third kappa shape index (κ3) is 3.30. The number of hydrogen-bond acceptors (Lipinski definition) is 4. The highest BCUT2D eigenvalue weighted by Crippen LogP contribution is 2.25. The van der Waals surface area contributed by atoms with Crippen LogP contribution in [0.3, 0.4) is 0 Å². The van der Waals surface area contributed by atoms with Gasteiger partial charge in [0.15, 0.2) is 5.76 Å². The monoisotopic (exact) mass is 347 g/mol. The molecule has 2 aromatic heterocycles. The molecule has 0 fully saturated rings. The highest BCUT2D eigenvalue weighted by Gasteiger charge is 2.17. The SMILES string of the molecule is O=c1[nH]cc(-c2c(Cc3ccccc3)ncn2Cc2cccc(O)c2)o1. The number of rotatable bonds is 5. The van der Waals surface area contributed by atoms with Crippen LogP contribution < -0.4 is 5.76 Å². The van der Waals surface area contributed by atoms with Gasteiger partial charge in [-0.05, 0) is 23.3 Å². The molecule has 2 N–H and O–H groups in total. The van der Waals surface area contributed by atoms with Crippen LogP contribution >= 0.6 is 0 Å². The molecular formula is C20H17N3O3. The summed E-state index contributed by atoms with van der Waals surface area (Å²) in [6, 6.07) is 17.0. The number of nitrogens with zero attached hydrogens (tertiary/aromatic N) is 2. The van der Waals surface area contributed by atoms with Gasteiger partial charge >= 0.3 is 5.76 Å². The van der Waals surface area contributed by atoms with E-state index < -0.39 is 5.76 Å². The van der Waals surface area contributed by atoms with Crippen molar-refractivity contribution in [2.45, 2.75) is 13.0 Å². The molecule has 0 atom stereocenters. The molecule has 0 aliphatic rings. The summed E-state index contributed by atoms with van der Waals surface area (Å²) in [4.78, 5) is 18.6. The van der Waals surface area contributed by atoms with Crippen LogP contribution in [0.1, 0.15) is 16.8 Å². The number of oxazole rings is 1. The van der Waals surface area contributed by atoms with E-state index in [1.165, 1.54) is 0 Å². The van der Waals surface area contributed by atoms with Crippen molar-refractivity contribution in [2.75, 3.05) is 0 Å². The molecule has 0 unspecified atom stereocenters. The Kier molecular flexibility index (Phi) is 4.15. The Morgan fingerprint density at radius 2 is 1.88 bits per heavy atom.